The van der Waals surface area contributed by atoms with Gasteiger partial charge in [-0.3, -0.25) is 4.90 Å². The molecule has 0 radical (unpaired) electrons. The van der Waals surface area contributed by atoms with E-state index >= 15 is 0 Å². The summed E-state index contributed by atoms with van der Waals surface area (Å²) in [5.74, 6) is 1.36. The maximum Gasteiger partial charge on any atom is 0.322 e. The van der Waals surface area contributed by atoms with Gasteiger partial charge in [-0.2, -0.15) is 0 Å². The molecule has 2 rings (SSSR count). The summed E-state index contributed by atoms with van der Waals surface area (Å²) in [5, 5.41) is 2.98. The monoisotopic (exact) mass is 276 g/mol. The molecule has 1 aromatic rings. The molecule has 2 amide bonds. The number of rotatable bonds is 3. The van der Waals surface area contributed by atoms with Crippen LogP contribution in [0.4, 0.5) is 10.5 Å². The summed E-state index contributed by atoms with van der Waals surface area (Å²) in [6.07, 6.45) is 2.08. The predicted octanol–water partition coefficient (Wildman–Crippen LogP) is 3.20. The van der Waals surface area contributed by atoms with Crippen LogP contribution in [0.25, 0.3) is 0 Å². The Morgan fingerprint density at radius 2 is 2.25 bits per heavy atom. The van der Waals surface area contributed by atoms with Crippen LogP contribution in [0.3, 0.4) is 0 Å². The molecule has 0 saturated carbocycles. The van der Waals surface area contributed by atoms with Crippen molar-refractivity contribution in [3.63, 3.8) is 0 Å². The van der Waals surface area contributed by atoms with Crippen molar-refractivity contribution in [1.82, 2.24) is 5.32 Å². The van der Waals surface area contributed by atoms with E-state index in [-0.39, 0.29) is 12.1 Å². The van der Waals surface area contributed by atoms with E-state index in [1.807, 2.05) is 36.9 Å². The summed E-state index contributed by atoms with van der Waals surface area (Å²) >= 11 is 0. The molecule has 1 atom stereocenters. The molecule has 0 fully saturated rings. The lowest BCUT2D eigenvalue weighted by Crippen LogP contribution is -2.47. The van der Waals surface area contributed by atoms with Crippen LogP contribution in [0, 0.1) is 5.92 Å². The maximum atomic E-state index is 12.4. The molecule has 1 unspecified atom stereocenters. The number of hydrogen-bond donors (Lipinski definition) is 1. The van der Waals surface area contributed by atoms with Gasteiger partial charge in [-0.25, -0.2) is 4.79 Å². The quantitative estimate of drug-likeness (QED) is 0.921. The third-order valence-electron chi connectivity index (χ3n) is 3.76. The normalized spacial score (nSPS) is 17.9. The Labute approximate surface area is 121 Å². The fourth-order valence-corrected chi connectivity index (χ4v) is 2.64. The van der Waals surface area contributed by atoms with Crippen LogP contribution in [0.5, 0.6) is 5.75 Å². The lowest BCUT2D eigenvalue weighted by Gasteiger charge is -2.35. The van der Waals surface area contributed by atoms with E-state index in [9.17, 15) is 4.79 Å². The molecular formula is C16H24N2O2. The van der Waals surface area contributed by atoms with Gasteiger partial charge in [0.2, 0.25) is 0 Å². The number of urea groups is 1. The van der Waals surface area contributed by atoms with Crippen LogP contribution in [0.1, 0.15) is 32.8 Å². The zero-order valence-corrected chi connectivity index (χ0v) is 12.8. The summed E-state index contributed by atoms with van der Waals surface area (Å²) in [4.78, 5) is 14.2. The van der Waals surface area contributed by atoms with Crippen molar-refractivity contribution < 1.29 is 9.53 Å². The highest BCUT2D eigenvalue weighted by molar-refractivity contribution is 5.93. The van der Waals surface area contributed by atoms with E-state index in [0.717, 1.165) is 30.8 Å². The number of carbonyl (C=O) groups excluding carboxylic acids is 1. The third kappa shape index (κ3) is 3.06. The van der Waals surface area contributed by atoms with E-state index < -0.39 is 0 Å². The number of methoxy groups -OCH3 is 1. The van der Waals surface area contributed by atoms with Crippen LogP contribution >= 0.6 is 0 Å². The van der Waals surface area contributed by atoms with Crippen LogP contribution in [0.15, 0.2) is 18.2 Å². The Balaban J connectivity index is 2.32. The molecule has 0 bridgehead atoms. The summed E-state index contributed by atoms with van der Waals surface area (Å²) in [6.45, 7) is 6.92. The van der Waals surface area contributed by atoms with Gasteiger partial charge in [0.15, 0.2) is 0 Å². The molecule has 4 nitrogen and oxygen atoms in total. The zero-order valence-electron chi connectivity index (χ0n) is 12.8. The van der Waals surface area contributed by atoms with E-state index in [0.29, 0.717) is 5.92 Å². The molecule has 1 aliphatic rings. The zero-order chi connectivity index (χ0) is 14.7. The molecule has 0 saturated heterocycles. The van der Waals surface area contributed by atoms with Gasteiger partial charge < -0.3 is 10.1 Å². The standard InChI is InChI=1S/C16H24N2O2/c1-5-12-8-13-9-14(20-4)6-7-15(13)18(10-12)16(19)17-11(2)3/h6-7,9,11-12H,5,8,10H2,1-4H3,(H,17,19). The predicted molar refractivity (Wildman–Crippen MR) is 81.5 cm³/mol. The minimum atomic E-state index is -0.00966. The van der Waals surface area contributed by atoms with Crippen LogP contribution < -0.4 is 15.0 Å². The van der Waals surface area contributed by atoms with Crippen molar-refractivity contribution in [2.45, 2.75) is 39.7 Å². The average molecular weight is 276 g/mol. The average Bonchev–Trinajstić information content (AvgIpc) is 2.44. The first-order chi connectivity index (χ1) is 9.55. The number of fused-ring (bicyclic) bond motifs is 1. The van der Waals surface area contributed by atoms with Crippen LogP contribution in [-0.4, -0.2) is 25.7 Å². The molecule has 4 heteroatoms. The van der Waals surface area contributed by atoms with Crippen molar-refractivity contribution in [1.29, 1.82) is 0 Å². The van der Waals surface area contributed by atoms with Gasteiger partial charge in [0.25, 0.3) is 0 Å². The molecular weight excluding hydrogens is 252 g/mol. The Hall–Kier alpha value is -1.71. The van der Waals surface area contributed by atoms with E-state index in [4.69, 9.17) is 4.74 Å². The van der Waals surface area contributed by atoms with E-state index in [2.05, 4.69) is 12.2 Å². The van der Waals surface area contributed by atoms with E-state index in [1.54, 1.807) is 7.11 Å². The first-order valence-electron chi connectivity index (χ1n) is 7.30. The van der Waals surface area contributed by atoms with Gasteiger partial charge in [0.05, 0.1) is 7.11 Å². The van der Waals surface area contributed by atoms with Gasteiger partial charge in [0.1, 0.15) is 5.75 Å². The van der Waals surface area contributed by atoms with Crippen molar-refractivity contribution in [2.24, 2.45) is 5.92 Å². The Bertz CT molecular complexity index is 485. The molecule has 0 aliphatic carbocycles. The number of carbonyl (C=O) groups is 1. The van der Waals surface area contributed by atoms with Gasteiger partial charge in [-0.1, -0.05) is 13.3 Å². The number of ether oxygens (including phenoxy) is 1. The second-order valence-electron chi connectivity index (χ2n) is 5.69. The second kappa shape index (κ2) is 6.16. The summed E-state index contributed by atoms with van der Waals surface area (Å²) < 4.78 is 5.29. The molecule has 110 valence electrons. The SMILES string of the molecule is CCC1Cc2cc(OC)ccc2N(C(=O)NC(C)C)C1. The summed E-state index contributed by atoms with van der Waals surface area (Å²) in [7, 11) is 1.67. The van der Waals surface area contributed by atoms with Crippen molar-refractivity contribution in [3.05, 3.63) is 23.8 Å². The number of nitrogens with zero attached hydrogens (tertiary/aromatic N) is 1. The fraction of sp³-hybridized carbons (Fsp3) is 0.562. The molecule has 1 N–H and O–H groups in total. The smallest absolute Gasteiger partial charge is 0.322 e. The van der Waals surface area contributed by atoms with Crippen LogP contribution in [0.2, 0.25) is 0 Å². The van der Waals surface area contributed by atoms with Crippen molar-refractivity contribution in [2.75, 3.05) is 18.6 Å². The number of anilines is 1. The topological polar surface area (TPSA) is 41.6 Å². The first kappa shape index (κ1) is 14.7. The minimum absolute atomic E-state index is 0.00966. The first-order valence-corrected chi connectivity index (χ1v) is 7.30. The number of benzene rings is 1. The fourth-order valence-electron chi connectivity index (χ4n) is 2.64. The van der Waals surface area contributed by atoms with Gasteiger partial charge in [-0.15, -0.1) is 0 Å². The van der Waals surface area contributed by atoms with Crippen LogP contribution in [-0.2, 0) is 6.42 Å². The molecule has 1 aromatic carbocycles. The van der Waals surface area contributed by atoms with Crippen molar-refractivity contribution >= 4 is 11.7 Å². The summed E-state index contributed by atoms with van der Waals surface area (Å²) in [5.41, 5.74) is 2.20. The molecule has 1 aliphatic heterocycles. The Morgan fingerprint density at radius 1 is 1.50 bits per heavy atom. The minimum Gasteiger partial charge on any atom is -0.497 e. The molecule has 0 spiro atoms. The molecule has 0 aromatic heterocycles. The van der Waals surface area contributed by atoms with Gasteiger partial charge >= 0.3 is 6.03 Å². The lowest BCUT2D eigenvalue weighted by molar-refractivity contribution is 0.242. The highest BCUT2D eigenvalue weighted by Crippen LogP contribution is 2.33. The van der Waals surface area contributed by atoms with E-state index in [1.165, 1.54) is 5.56 Å². The number of nitrogens with one attached hydrogen (secondary N) is 1. The Kier molecular flexibility index (Phi) is 4.53. The van der Waals surface area contributed by atoms with Gasteiger partial charge in [-0.05, 0) is 49.9 Å². The lowest BCUT2D eigenvalue weighted by atomic mass is 9.90. The molecule has 1 heterocycles. The highest BCUT2D eigenvalue weighted by atomic mass is 16.5. The molecule has 20 heavy (non-hydrogen) atoms. The number of amides is 2. The maximum absolute atomic E-state index is 12.4. The largest absolute Gasteiger partial charge is 0.497 e. The third-order valence-corrected chi connectivity index (χ3v) is 3.76. The second-order valence-corrected chi connectivity index (χ2v) is 5.69. The van der Waals surface area contributed by atoms with Crippen molar-refractivity contribution in [3.8, 4) is 5.75 Å². The highest BCUT2D eigenvalue weighted by Gasteiger charge is 2.28. The number of hydrogen-bond acceptors (Lipinski definition) is 2. The summed E-state index contributed by atoms with van der Waals surface area (Å²) in [6, 6.07) is 6.09. The Morgan fingerprint density at radius 3 is 2.85 bits per heavy atom. The van der Waals surface area contributed by atoms with Gasteiger partial charge in [0, 0.05) is 18.3 Å².